The molecule has 3 rings (SSSR count). The van der Waals surface area contributed by atoms with Gasteiger partial charge in [-0.1, -0.05) is 66.2 Å². The highest BCUT2D eigenvalue weighted by Gasteiger charge is 2.40. The van der Waals surface area contributed by atoms with Gasteiger partial charge in [0.1, 0.15) is 54.4 Å². The van der Waals surface area contributed by atoms with Crippen LogP contribution in [-0.4, -0.2) is 203 Å². The lowest BCUT2D eigenvalue weighted by Gasteiger charge is -2.29. The third kappa shape index (κ3) is 26.2. The molecule has 33 heteroatoms. The van der Waals surface area contributed by atoms with E-state index in [4.69, 9.17) is 22.9 Å². The highest BCUT2D eigenvalue weighted by molar-refractivity contribution is 7.80. The number of fused-ring (bicyclic) bond motifs is 1. The van der Waals surface area contributed by atoms with E-state index < -0.39 is 181 Å². The van der Waals surface area contributed by atoms with Crippen molar-refractivity contribution in [3.63, 3.8) is 0 Å². The second-order valence-electron chi connectivity index (χ2n) is 24.0. The van der Waals surface area contributed by atoms with Gasteiger partial charge in [0.05, 0.1) is 25.7 Å². The molecule has 1 aliphatic heterocycles. The van der Waals surface area contributed by atoms with E-state index in [1.165, 1.54) is 11.8 Å². The van der Waals surface area contributed by atoms with Crippen LogP contribution < -0.4 is 81.4 Å². The summed E-state index contributed by atoms with van der Waals surface area (Å²) in [5.74, 6) is -13.4. The molecule has 1 aliphatic rings. The summed E-state index contributed by atoms with van der Waals surface area (Å²) >= 11 is 4.22. The summed E-state index contributed by atoms with van der Waals surface area (Å²) in [5, 5.41) is 38.2. The third-order valence-electron chi connectivity index (χ3n) is 15.4. The van der Waals surface area contributed by atoms with E-state index in [1.54, 1.807) is 53.8 Å². The Hall–Kier alpha value is -8.43. The number of hydrogen-bond donors (Lipinski definition) is 18. The fraction of sp³-hybridized carbons (Fsp3) is 0.633. The van der Waals surface area contributed by atoms with Gasteiger partial charge in [0.2, 0.25) is 76.8 Å². The zero-order chi connectivity index (χ0) is 69.6. The normalized spacial score (nSPS) is 15.8. The molecule has 0 saturated carbocycles. The lowest BCUT2D eigenvalue weighted by atomic mass is 9.98. The number of H-pyrrole nitrogens is 1. The number of aromatic amines is 1. The van der Waals surface area contributed by atoms with Crippen molar-refractivity contribution in [1.82, 2.24) is 68.4 Å². The second-order valence-corrected chi connectivity index (χ2v) is 24.3. The minimum absolute atomic E-state index is 0.0296. The number of nitrogens with one attached hydrogen (secondary N) is 12. The van der Waals surface area contributed by atoms with Crippen molar-refractivity contribution in [2.75, 3.05) is 45.0 Å². The van der Waals surface area contributed by atoms with Crippen molar-refractivity contribution in [3.05, 3.63) is 36.0 Å². The molecule has 0 spiro atoms. The molecule has 1 aromatic carbocycles. The van der Waals surface area contributed by atoms with E-state index in [2.05, 4.69) is 76.1 Å². The monoisotopic (exact) mass is 1330 g/mol. The van der Waals surface area contributed by atoms with Crippen LogP contribution in [-0.2, 0) is 73.5 Å². The SMILES string of the molecule is CC(C)[C@H](NC(=O)[C@H](CCC(N)=O)NC(=O)CNC(=O)CNC(=O)[C@@H](NC(=O)[C@@H](N)CCCCN)C(C)C)C(=O)N[C@H](C(=O)N[C@@H](CS)C(=O)NCC(=O)N[C@@H](C)C(=O)N1CCC[C@H]1C(=O)N[C@@H](Cc1c[nH]c2ccccc12)C(=O)N[C@@H](CCCCN)C(=O)O)C(C)C. The molecule has 2 heterocycles. The number of rotatable bonds is 41. The number of thiol groups is 1. The fourth-order valence-electron chi connectivity index (χ4n) is 9.99. The van der Waals surface area contributed by atoms with E-state index in [-0.39, 0.29) is 44.4 Å². The number of carboxylic acids is 1. The number of carbonyl (C=O) groups is 14. The van der Waals surface area contributed by atoms with Crippen molar-refractivity contribution in [1.29, 1.82) is 0 Å². The van der Waals surface area contributed by atoms with Crippen molar-refractivity contribution >= 4 is 106 Å². The first-order chi connectivity index (χ1) is 43.9. The zero-order valence-corrected chi connectivity index (χ0v) is 54.9. The van der Waals surface area contributed by atoms with Crippen LogP contribution in [0.25, 0.3) is 10.9 Å². The highest BCUT2D eigenvalue weighted by Crippen LogP contribution is 2.22. The van der Waals surface area contributed by atoms with Gasteiger partial charge in [-0.3, -0.25) is 62.3 Å². The maximum absolute atomic E-state index is 14.0. The smallest absolute Gasteiger partial charge is 0.326 e. The molecule has 1 saturated heterocycles. The Labute approximate surface area is 546 Å². The van der Waals surface area contributed by atoms with Crippen LogP contribution in [0.15, 0.2) is 30.5 Å². The predicted octanol–water partition coefficient (Wildman–Crippen LogP) is -4.22. The van der Waals surface area contributed by atoms with Crippen LogP contribution in [0.4, 0.5) is 0 Å². The number of aliphatic carboxylic acids is 1. The molecule has 0 bridgehead atoms. The number of carboxylic acid groups (broad SMARTS) is 1. The van der Waals surface area contributed by atoms with Crippen LogP contribution in [0.3, 0.4) is 0 Å². The second kappa shape index (κ2) is 39.9. The predicted molar refractivity (Wildman–Crippen MR) is 345 cm³/mol. The Balaban J connectivity index is 1.60. The summed E-state index contributed by atoms with van der Waals surface area (Å²) in [6.45, 7) is 9.99. The van der Waals surface area contributed by atoms with Crippen LogP contribution in [0, 0.1) is 17.8 Å². The number of nitrogens with zero attached hydrogens (tertiary/aromatic N) is 1. The molecule has 10 atom stereocenters. The van der Waals surface area contributed by atoms with Gasteiger partial charge in [0.25, 0.3) is 0 Å². The van der Waals surface area contributed by atoms with Gasteiger partial charge in [-0.15, -0.1) is 0 Å². The number of likely N-dealkylation sites (tertiary alicyclic amines) is 1. The van der Waals surface area contributed by atoms with Crippen molar-refractivity contribution in [3.8, 4) is 0 Å². The number of carbonyl (C=O) groups excluding carboxylic acids is 13. The van der Waals surface area contributed by atoms with E-state index >= 15 is 0 Å². The van der Waals surface area contributed by atoms with Crippen LogP contribution >= 0.6 is 12.6 Å². The minimum atomic E-state index is -1.47. The maximum atomic E-state index is 14.0. The first kappa shape index (κ1) is 78.8. The maximum Gasteiger partial charge on any atom is 0.326 e. The molecule has 21 N–H and O–H groups in total. The number of hydrogen-bond acceptors (Lipinski definition) is 18. The van der Waals surface area contributed by atoms with E-state index in [0.717, 1.165) is 10.9 Å². The first-order valence-corrected chi connectivity index (χ1v) is 31.9. The Morgan fingerprint density at radius 3 is 1.71 bits per heavy atom. The molecule has 13 amide bonds. The number of benzene rings is 1. The molecule has 1 fully saturated rings. The Kier molecular flexibility index (Phi) is 33.8. The summed E-state index contributed by atoms with van der Waals surface area (Å²) in [5.41, 5.74) is 23.9. The summed E-state index contributed by atoms with van der Waals surface area (Å²) in [6.07, 6.45) is 4.23. The molecule has 1 aromatic heterocycles. The molecular formula is C60H97N17O15S. The van der Waals surface area contributed by atoms with Gasteiger partial charge in [0, 0.05) is 42.2 Å². The standard InChI is InChI=1S/C60H97N17O15S/c1-31(2)48(74-51(82)37(63)16-10-12-22-61)56(87)68-27-45(79)66-28-47(81)70-39(20-21-44(64)78)53(84)75-50(33(5)6)58(89)76-49(32(3)4)57(88)73-42(30-93)52(83)67-29-46(80)69-34(7)59(90)77-24-14-19-43(77)55(86)72-41(25-35-26-65-38-17-9-8-15-36(35)38)54(85)71-40(60(91)92)18-11-13-23-62/h8-9,15,17,26,31-34,37,39-43,48-50,65,93H,10-14,16,18-25,27-30,61-63H2,1-7H3,(H2,64,78)(H,66,79)(H,67,83)(H,68,87)(H,69,80)(H,70,81)(H,71,85)(H,72,86)(H,73,88)(H,74,82)(H,75,84)(H,76,89)(H,91,92)/t34-,37-,39-,40-,41-,42-,43-,48-,49-,50-/m0/s1. The van der Waals surface area contributed by atoms with Gasteiger partial charge < -0.3 is 96.4 Å². The number of unbranched alkanes of at least 4 members (excludes halogenated alkanes) is 2. The van der Waals surface area contributed by atoms with Crippen LogP contribution in [0.2, 0.25) is 0 Å². The first-order valence-electron chi connectivity index (χ1n) is 31.3. The molecule has 32 nitrogen and oxygen atoms in total. The van der Waals surface area contributed by atoms with Gasteiger partial charge in [-0.05, 0) is 101 Å². The molecule has 0 unspecified atom stereocenters. The molecule has 0 aliphatic carbocycles. The van der Waals surface area contributed by atoms with Gasteiger partial charge >= 0.3 is 5.97 Å². The Morgan fingerprint density at radius 1 is 0.581 bits per heavy atom. The summed E-state index contributed by atoms with van der Waals surface area (Å²) in [6, 6.07) is -4.98. The summed E-state index contributed by atoms with van der Waals surface area (Å²) in [7, 11) is 0. The van der Waals surface area contributed by atoms with E-state index in [9.17, 15) is 72.2 Å². The van der Waals surface area contributed by atoms with E-state index in [1.807, 2.05) is 18.2 Å². The third-order valence-corrected chi connectivity index (χ3v) is 15.7. The number of amides is 13. The topological polar surface area (TPSA) is 515 Å². The average molecular weight is 1330 g/mol. The van der Waals surface area contributed by atoms with Crippen LogP contribution in [0.5, 0.6) is 0 Å². The Morgan fingerprint density at radius 2 is 1.11 bits per heavy atom. The van der Waals surface area contributed by atoms with Gasteiger partial charge in [-0.2, -0.15) is 12.6 Å². The molecule has 2 aromatic rings. The zero-order valence-electron chi connectivity index (χ0n) is 54.0. The molecule has 518 valence electrons. The van der Waals surface area contributed by atoms with E-state index in [0.29, 0.717) is 57.2 Å². The summed E-state index contributed by atoms with van der Waals surface area (Å²) < 4.78 is 0. The number of primary amides is 1. The number of aromatic nitrogens is 1. The van der Waals surface area contributed by atoms with Crippen molar-refractivity contribution in [2.45, 2.75) is 180 Å². The largest absolute Gasteiger partial charge is 0.480 e. The average Bonchev–Trinajstić information content (AvgIpc) is 1.94. The fourth-order valence-corrected chi connectivity index (χ4v) is 10.3. The number of nitrogens with two attached hydrogens (primary N) is 4. The van der Waals surface area contributed by atoms with Crippen molar-refractivity contribution in [2.24, 2.45) is 40.7 Å². The highest BCUT2D eigenvalue weighted by atomic mass is 32.1. The lowest BCUT2D eigenvalue weighted by Crippen LogP contribution is -2.61. The lowest BCUT2D eigenvalue weighted by molar-refractivity contribution is -0.143. The molecular weight excluding hydrogens is 1230 g/mol. The van der Waals surface area contributed by atoms with Crippen molar-refractivity contribution < 1.29 is 72.2 Å². The Bertz CT molecular complexity index is 2930. The minimum Gasteiger partial charge on any atom is -0.480 e. The number of para-hydroxylation sites is 1. The van der Waals surface area contributed by atoms with Crippen LogP contribution in [0.1, 0.15) is 118 Å². The van der Waals surface area contributed by atoms with Gasteiger partial charge in [-0.25, -0.2) is 4.79 Å². The van der Waals surface area contributed by atoms with Gasteiger partial charge in [0.15, 0.2) is 0 Å². The quantitative estimate of drug-likeness (QED) is 0.0222. The molecule has 0 radical (unpaired) electrons. The summed E-state index contributed by atoms with van der Waals surface area (Å²) in [4.78, 5) is 190. The molecule has 93 heavy (non-hydrogen) atoms.